The summed E-state index contributed by atoms with van der Waals surface area (Å²) in [6, 6.07) is 3.96. The van der Waals surface area contributed by atoms with E-state index in [2.05, 4.69) is 4.98 Å². The minimum absolute atomic E-state index is 0. The fourth-order valence-electron chi connectivity index (χ4n) is 0.728. The van der Waals surface area contributed by atoms with Gasteiger partial charge in [-0.05, 0) is 32.8 Å². The minimum atomic E-state index is 0. The molecule has 16 heavy (non-hydrogen) atoms. The first-order valence-corrected chi connectivity index (χ1v) is 7.95. The van der Waals surface area contributed by atoms with Crippen molar-refractivity contribution in [3.05, 3.63) is 24.5 Å². The van der Waals surface area contributed by atoms with Crippen LogP contribution in [-0.4, -0.2) is 23.7 Å². The molecule has 0 aliphatic heterocycles. The van der Waals surface area contributed by atoms with Crippen LogP contribution in [0.25, 0.3) is 0 Å². The highest BCUT2D eigenvalue weighted by Crippen LogP contribution is 2.39. The number of rotatable bonds is 6. The molecule has 90 valence electrons. The van der Waals surface area contributed by atoms with E-state index in [1.165, 1.54) is 12.0 Å². The van der Waals surface area contributed by atoms with E-state index in [0.717, 1.165) is 5.75 Å². The Kier molecular flexibility index (Phi) is 10.1. The Bertz CT molecular complexity index is 300. The molecule has 1 aromatic rings. The van der Waals surface area contributed by atoms with Crippen LogP contribution in [0.1, 0.15) is 6.42 Å². The number of halogens is 1. The van der Waals surface area contributed by atoms with Gasteiger partial charge in [-0.3, -0.25) is 10.4 Å². The van der Waals surface area contributed by atoms with E-state index in [1.807, 2.05) is 12.1 Å². The lowest BCUT2D eigenvalue weighted by molar-refractivity contribution is 0.389. The molecule has 0 fully saturated rings. The summed E-state index contributed by atoms with van der Waals surface area (Å²) < 4.78 is 4.76. The molecule has 0 radical (unpaired) electrons. The molecule has 0 saturated carbocycles. The Morgan fingerprint density at radius 2 is 2.12 bits per heavy atom. The second-order valence-electron chi connectivity index (χ2n) is 2.53. The molecule has 0 aliphatic rings. The minimum Gasteiger partial charge on any atom is -0.484 e. The van der Waals surface area contributed by atoms with Gasteiger partial charge in [0.2, 0.25) is 0 Å². The van der Waals surface area contributed by atoms with Crippen molar-refractivity contribution < 1.29 is 4.74 Å². The fraction of sp³-hybridized carbons (Fsp3) is 0.333. The van der Waals surface area contributed by atoms with Gasteiger partial charge in [-0.15, -0.1) is 12.4 Å². The van der Waals surface area contributed by atoms with Crippen molar-refractivity contribution in [2.24, 2.45) is 0 Å². The van der Waals surface area contributed by atoms with Crippen molar-refractivity contribution in [3.63, 3.8) is 0 Å². The zero-order valence-electron chi connectivity index (χ0n) is 8.71. The number of nitrogens with zero attached hydrogens (tertiary/aromatic N) is 1. The number of hydrogen-bond acceptors (Lipinski definition) is 6. The normalized spacial score (nSPS) is 9.31. The SMILES string of the molecule is COC(=N)CCSSSc1ccncc1.Cl. The van der Waals surface area contributed by atoms with Crippen molar-refractivity contribution in [2.75, 3.05) is 12.9 Å². The predicted molar refractivity (Wildman–Crippen MR) is 76.7 cm³/mol. The molecule has 1 heterocycles. The van der Waals surface area contributed by atoms with Crippen LogP contribution in [-0.2, 0) is 4.74 Å². The smallest absolute Gasteiger partial charge is 0.180 e. The molecular weight excluding hydrogens is 284 g/mol. The largest absolute Gasteiger partial charge is 0.484 e. The van der Waals surface area contributed by atoms with Gasteiger partial charge < -0.3 is 4.74 Å². The lowest BCUT2D eigenvalue weighted by Crippen LogP contribution is -1.98. The van der Waals surface area contributed by atoms with E-state index in [-0.39, 0.29) is 12.4 Å². The molecule has 0 aromatic carbocycles. The van der Waals surface area contributed by atoms with Gasteiger partial charge in [-0.25, -0.2) is 0 Å². The van der Waals surface area contributed by atoms with Gasteiger partial charge in [0.05, 0.1) is 7.11 Å². The average Bonchev–Trinajstić information content (AvgIpc) is 2.29. The van der Waals surface area contributed by atoms with Gasteiger partial charge in [-0.1, -0.05) is 10.8 Å². The van der Waals surface area contributed by atoms with Gasteiger partial charge in [0, 0.05) is 29.5 Å². The maximum Gasteiger partial charge on any atom is 0.180 e. The van der Waals surface area contributed by atoms with Crippen LogP contribution in [0.4, 0.5) is 0 Å². The Morgan fingerprint density at radius 3 is 2.75 bits per heavy atom. The summed E-state index contributed by atoms with van der Waals surface area (Å²) in [5, 5.41) is 7.28. The Balaban J connectivity index is 0.00000225. The Hall–Kier alpha value is -0.0400. The second-order valence-corrected chi connectivity index (χ2v) is 6.79. The monoisotopic (exact) mass is 296 g/mol. The van der Waals surface area contributed by atoms with Crippen LogP contribution in [0.3, 0.4) is 0 Å². The standard InChI is InChI=1S/C9H12N2OS3.ClH/c1-12-9(10)4-7-13-15-14-8-2-5-11-6-3-8;/h2-3,5-6,10H,4,7H2,1H3;1H. The number of nitrogens with one attached hydrogen (secondary N) is 1. The molecule has 0 saturated heterocycles. The summed E-state index contributed by atoms with van der Waals surface area (Å²) in [6.07, 6.45) is 4.26. The van der Waals surface area contributed by atoms with Gasteiger partial charge >= 0.3 is 0 Å². The van der Waals surface area contributed by atoms with Gasteiger partial charge in [0.25, 0.3) is 0 Å². The molecule has 3 nitrogen and oxygen atoms in total. The van der Waals surface area contributed by atoms with Crippen molar-refractivity contribution in [3.8, 4) is 0 Å². The van der Waals surface area contributed by atoms with Crippen molar-refractivity contribution in [1.29, 1.82) is 5.41 Å². The molecule has 7 heteroatoms. The summed E-state index contributed by atoms with van der Waals surface area (Å²) in [4.78, 5) is 5.15. The molecule has 0 unspecified atom stereocenters. The zero-order chi connectivity index (χ0) is 10.9. The summed E-state index contributed by atoms with van der Waals surface area (Å²) in [5.41, 5.74) is 0. The number of ether oxygens (including phenoxy) is 1. The highest BCUT2D eigenvalue weighted by atomic mass is 35.5. The van der Waals surface area contributed by atoms with Crippen molar-refractivity contribution in [2.45, 2.75) is 11.3 Å². The molecular formula is C9H13ClN2OS3. The third-order valence-electron chi connectivity index (χ3n) is 1.49. The number of aromatic nitrogens is 1. The molecule has 0 aliphatic carbocycles. The van der Waals surface area contributed by atoms with E-state index in [1.54, 1.807) is 43.8 Å². The molecule has 0 spiro atoms. The van der Waals surface area contributed by atoms with Crippen LogP contribution in [0, 0.1) is 5.41 Å². The lowest BCUT2D eigenvalue weighted by atomic mass is 10.5. The lowest BCUT2D eigenvalue weighted by Gasteiger charge is -2.01. The van der Waals surface area contributed by atoms with Crippen LogP contribution in [0.15, 0.2) is 29.4 Å². The topological polar surface area (TPSA) is 46.0 Å². The molecule has 0 amide bonds. The quantitative estimate of drug-likeness (QED) is 0.373. The maximum absolute atomic E-state index is 7.28. The van der Waals surface area contributed by atoms with E-state index < -0.39 is 0 Å². The van der Waals surface area contributed by atoms with Crippen LogP contribution in [0.2, 0.25) is 0 Å². The molecule has 0 bridgehead atoms. The first-order chi connectivity index (χ1) is 7.33. The van der Waals surface area contributed by atoms with Crippen LogP contribution in [0.5, 0.6) is 0 Å². The highest BCUT2D eigenvalue weighted by Gasteiger charge is 1.97. The first-order valence-electron chi connectivity index (χ1n) is 4.30. The highest BCUT2D eigenvalue weighted by molar-refractivity contribution is 9.09. The van der Waals surface area contributed by atoms with E-state index in [9.17, 15) is 0 Å². The predicted octanol–water partition coefficient (Wildman–Crippen LogP) is 3.91. The number of hydrogen-bond donors (Lipinski definition) is 1. The van der Waals surface area contributed by atoms with E-state index >= 15 is 0 Å². The molecule has 1 rings (SSSR count). The maximum atomic E-state index is 7.28. The Morgan fingerprint density at radius 1 is 1.44 bits per heavy atom. The molecule has 1 aromatic heterocycles. The van der Waals surface area contributed by atoms with Crippen molar-refractivity contribution in [1.82, 2.24) is 4.98 Å². The summed E-state index contributed by atoms with van der Waals surface area (Å²) in [6.45, 7) is 0. The first kappa shape index (κ1) is 16.0. The number of methoxy groups -OCH3 is 1. The average molecular weight is 297 g/mol. The summed E-state index contributed by atoms with van der Waals surface area (Å²) in [5.74, 6) is 1.24. The van der Waals surface area contributed by atoms with Gasteiger partial charge in [0.15, 0.2) is 5.90 Å². The van der Waals surface area contributed by atoms with E-state index in [4.69, 9.17) is 10.1 Å². The van der Waals surface area contributed by atoms with Crippen LogP contribution >= 0.6 is 43.8 Å². The molecule has 0 atom stereocenters. The summed E-state index contributed by atoms with van der Waals surface area (Å²) >= 11 is 0. The fourth-order valence-corrected chi connectivity index (χ4v) is 4.34. The van der Waals surface area contributed by atoms with E-state index in [0.29, 0.717) is 12.3 Å². The van der Waals surface area contributed by atoms with Gasteiger partial charge in [-0.2, -0.15) is 0 Å². The number of pyridine rings is 1. The molecule has 1 N–H and O–H groups in total. The zero-order valence-corrected chi connectivity index (χ0v) is 12.0. The Labute approximate surface area is 113 Å². The third-order valence-corrected chi connectivity index (χ3v) is 5.54. The van der Waals surface area contributed by atoms with Crippen LogP contribution < -0.4 is 0 Å². The van der Waals surface area contributed by atoms with Gasteiger partial charge in [0.1, 0.15) is 0 Å². The summed E-state index contributed by atoms with van der Waals surface area (Å²) in [7, 11) is 6.68. The second kappa shape index (κ2) is 10.1. The third kappa shape index (κ3) is 7.27. The van der Waals surface area contributed by atoms with Crippen molar-refractivity contribution >= 4 is 49.7 Å².